The van der Waals surface area contributed by atoms with E-state index in [1.165, 1.54) is 0 Å². The molecule has 1 fully saturated rings. The fraction of sp³-hybridized carbons (Fsp3) is 0.391. The monoisotopic (exact) mass is 474 g/mol. The lowest BCUT2D eigenvalue weighted by Gasteiger charge is -2.19. The number of anilines is 1. The van der Waals surface area contributed by atoms with E-state index in [4.69, 9.17) is 9.47 Å². The third-order valence-corrected chi connectivity index (χ3v) is 5.49. The Bertz CT molecular complexity index is 902. The molecule has 0 aliphatic carbocycles. The summed E-state index contributed by atoms with van der Waals surface area (Å²) in [6, 6.07) is 10.8. The van der Waals surface area contributed by atoms with E-state index in [2.05, 4.69) is 26.6 Å². The summed E-state index contributed by atoms with van der Waals surface area (Å²) < 4.78 is 12.4. The van der Waals surface area contributed by atoms with Crippen molar-refractivity contribution in [3.8, 4) is 5.75 Å². The molecule has 2 aromatic carbocycles. The van der Waals surface area contributed by atoms with Crippen LogP contribution in [0.15, 0.2) is 40.9 Å². The molecule has 1 aliphatic heterocycles. The van der Waals surface area contributed by atoms with Gasteiger partial charge in [0.1, 0.15) is 5.75 Å². The molecular weight excluding hydrogens is 448 g/mol. The smallest absolute Gasteiger partial charge is 0.265 e. The molecule has 30 heavy (non-hydrogen) atoms. The molecule has 1 heterocycles. The van der Waals surface area contributed by atoms with Crippen molar-refractivity contribution in [1.82, 2.24) is 5.32 Å². The van der Waals surface area contributed by atoms with Gasteiger partial charge >= 0.3 is 0 Å². The van der Waals surface area contributed by atoms with Crippen molar-refractivity contribution in [2.45, 2.75) is 45.8 Å². The van der Waals surface area contributed by atoms with Crippen LogP contribution in [-0.4, -0.2) is 37.2 Å². The van der Waals surface area contributed by atoms with Crippen LogP contribution < -0.4 is 15.4 Å². The van der Waals surface area contributed by atoms with Gasteiger partial charge < -0.3 is 20.1 Å². The minimum atomic E-state index is -0.730. The third kappa shape index (κ3) is 5.61. The zero-order valence-corrected chi connectivity index (χ0v) is 19.0. The highest BCUT2D eigenvalue weighted by atomic mass is 79.9. The van der Waals surface area contributed by atoms with Crippen molar-refractivity contribution in [2.75, 3.05) is 18.5 Å². The first-order valence-corrected chi connectivity index (χ1v) is 10.9. The fourth-order valence-electron chi connectivity index (χ4n) is 3.45. The summed E-state index contributed by atoms with van der Waals surface area (Å²) in [6.07, 6.45) is 1.29. The van der Waals surface area contributed by atoms with E-state index in [9.17, 15) is 9.59 Å². The Morgan fingerprint density at radius 1 is 1.23 bits per heavy atom. The molecule has 0 bridgehead atoms. The number of carbonyl (C=O) groups is 2. The van der Waals surface area contributed by atoms with Gasteiger partial charge in [0.25, 0.3) is 11.8 Å². The lowest BCUT2D eigenvalue weighted by Crippen LogP contribution is -2.34. The summed E-state index contributed by atoms with van der Waals surface area (Å²) in [4.78, 5) is 25.4. The Balaban J connectivity index is 1.65. The first kappa shape index (κ1) is 22.3. The van der Waals surface area contributed by atoms with E-state index in [1.807, 2.05) is 26.0 Å². The first-order chi connectivity index (χ1) is 14.3. The SMILES string of the molecule is Cc1cc(Br)cc(C)c1OC(C)C(=O)Nc1ccccc1C(=O)NCC1CCCO1. The Labute approximate surface area is 185 Å². The van der Waals surface area contributed by atoms with Crippen LogP contribution in [0.4, 0.5) is 5.69 Å². The maximum atomic E-state index is 12.8. The van der Waals surface area contributed by atoms with Crippen LogP contribution in [0.25, 0.3) is 0 Å². The molecule has 2 N–H and O–H groups in total. The van der Waals surface area contributed by atoms with Crippen molar-refractivity contribution >= 4 is 33.4 Å². The highest BCUT2D eigenvalue weighted by molar-refractivity contribution is 9.10. The van der Waals surface area contributed by atoms with Gasteiger partial charge in [-0.25, -0.2) is 0 Å². The second-order valence-corrected chi connectivity index (χ2v) is 8.42. The molecule has 2 amide bonds. The zero-order valence-electron chi connectivity index (χ0n) is 17.5. The number of carbonyl (C=O) groups excluding carboxylic acids is 2. The van der Waals surface area contributed by atoms with E-state index in [0.717, 1.165) is 35.0 Å². The molecule has 0 spiro atoms. The lowest BCUT2D eigenvalue weighted by molar-refractivity contribution is -0.122. The number of aryl methyl sites for hydroxylation is 2. The van der Waals surface area contributed by atoms with Gasteiger partial charge in [-0.2, -0.15) is 0 Å². The third-order valence-electron chi connectivity index (χ3n) is 5.03. The van der Waals surface area contributed by atoms with E-state index in [1.54, 1.807) is 31.2 Å². The molecule has 2 atom stereocenters. The molecular formula is C23H27BrN2O4. The number of nitrogens with one attached hydrogen (secondary N) is 2. The van der Waals surface area contributed by atoms with E-state index in [-0.39, 0.29) is 17.9 Å². The minimum absolute atomic E-state index is 0.0570. The summed E-state index contributed by atoms with van der Waals surface area (Å²) in [7, 11) is 0. The average Bonchev–Trinajstić information content (AvgIpc) is 3.22. The maximum Gasteiger partial charge on any atom is 0.265 e. The van der Waals surface area contributed by atoms with Gasteiger partial charge in [-0.3, -0.25) is 9.59 Å². The molecule has 2 aromatic rings. The van der Waals surface area contributed by atoms with Crippen LogP contribution in [0.1, 0.15) is 41.3 Å². The van der Waals surface area contributed by atoms with Gasteiger partial charge in [-0.1, -0.05) is 28.1 Å². The van der Waals surface area contributed by atoms with E-state index in [0.29, 0.717) is 23.5 Å². The second-order valence-electron chi connectivity index (χ2n) is 7.51. The van der Waals surface area contributed by atoms with Crippen LogP contribution in [0.2, 0.25) is 0 Å². The summed E-state index contributed by atoms with van der Waals surface area (Å²) in [5.41, 5.74) is 2.74. The summed E-state index contributed by atoms with van der Waals surface area (Å²) in [5.74, 6) is 0.120. The van der Waals surface area contributed by atoms with Crippen LogP contribution in [0.3, 0.4) is 0 Å². The normalized spacial score (nSPS) is 16.7. The Hall–Kier alpha value is -2.38. The van der Waals surface area contributed by atoms with Crippen molar-refractivity contribution < 1.29 is 19.1 Å². The molecule has 0 radical (unpaired) electrons. The number of para-hydroxylation sites is 1. The fourth-order valence-corrected chi connectivity index (χ4v) is 4.13. The van der Waals surface area contributed by atoms with Crippen LogP contribution in [0, 0.1) is 13.8 Å². The number of amides is 2. The molecule has 1 saturated heterocycles. The number of rotatable bonds is 7. The molecule has 0 aromatic heterocycles. The Morgan fingerprint density at radius 2 is 1.93 bits per heavy atom. The van der Waals surface area contributed by atoms with Gasteiger partial charge in [0.2, 0.25) is 0 Å². The predicted molar refractivity (Wildman–Crippen MR) is 120 cm³/mol. The van der Waals surface area contributed by atoms with Crippen LogP contribution in [0.5, 0.6) is 5.75 Å². The van der Waals surface area contributed by atoms with E-state index < -0.39 is 6.10 Å². The molecule has 7 heteroatoms. The van der Waals surface area contributed by atoms with Gasteiger partial charge in [0.05, 0.1) is 17.4 Å². The highest BCUT2D eigenvalue weighted by Gasteiger charge is 2.21. The zero-order chi connectivity index (χ0) is 21.7. The van der Waals surface area contributed by atoms with Crippen molar-refractivity contribution in [1.29, 1.82) is 0 Å². The Morgan fingerprint density at radius 3 is 2.60 bits per heavy atom. The van der Waals surface area contributed by atoms with Crippen molar-refractivity contribution in [2.24, 2.45) is 0 Å². The molecule has 0 saturated carbocycles. The summed E-state index contributed by atoms with van der Waals surface area (Å²) >= 11 is 3.46. The summed E-state index contributed by atoms with van der Waals surface area (Å²) in [6.45, 7) is 6.76. The van der Waals surface area contributed by atoms with Crippen LogP contribution >= 0.6 is 15.9 Å². The second kappa shape index (κ2) is 10.1. The quantitative estimate of drug-likeness (QED) is 0.623. The molecule has 6 nitrogen and oxygen atoms in total. The molecule has 2 unspecified atom stereocenters. The largest absolute Gasteiger partial charge is 0.480 e. The molecule has 160 valence electrons. The lowest BCUT2D eigenvalue weighted by atomic mass is 10.1. The van der Waals surface area contributed by atoms with E-state index >= 15 is 0 Å². The first-order valence-electron chi connectivity index (χ1n) is 10.1. The predicted octanol–water partition coefficient (Wildman–Crippen LogP) is 4.38. The van der Waals surface area contributed by atoms with Crippen LogP contribution in [-0.2, 0) is 9.53 Å². The van der Waals surface area contributed by atoms with Crippen molar-refractivity contribution in [3.63, 3.8) is 0 Å². The van der Waals surface area contributed by atoms with Crippen molar-refractivity contribution in [3.05, 3.63) is 57.6 Å². The summed E-state index contributed by atoms with van der Waals surface area (Å²) in [5, 5.41) is 5.72. The number of hydrogen-bond donors (Lipinski definition) is 2. The number of hydrogen-bond acceptors (Lipinski definition) is 4. The number of ether oxygens (including phenoxy) is 2. The van der Waals surface area contributed by atoms with Gasteiger partial charge in [-0.05, 0) is 69.0 Å². The number of benzene rings is 2. The minimum Gasteiger partial charge on any atom is -0.480 e. The Kier molecular flexibility index (Phi) is 7.50. The van der Waals surface area contributed by atoms with Gasteiger partial charge in [-0.15, -0.1) is 0 Å². The standard InChI is InChI=1S/C23H27BrN2O4/c1-14-11-17(24)12-15(2)21(14)30-16(3)22(27)26-20-9-5-4-8-19(20)23(28)25-13-18-7-6-10-29-18/h4-5,8-9,11-12,16,18H,6-7,10,13H2,1-3H3,(H,25,28)(H,26,27). The van der Waals surface area contributed by atoms with Gasteiger partial charge in [0.15, 0.2) is 6.10 Å². The molecule has 3 rings (SSSR count). The maximum absolute atomic E-state index is 12.8. The highest BCUT2D eigenvalue weighted by Crippen LogP contribution is 2.28. The number of halogens is 1. The molecule has 1 aliphatic rings. The topological polar surface area (TPSA) is 76.7 Å². The van der Waals surface area contributed by atoms with Gasteiger partial charge in [0, 0.05) is 17.6 Å². The average molecular weight is 475 g/mol.